The fourth-order valence-corrected chi connectivity index (χ4v) is 6.23. The molecule has 30 heavy (non-hydrogen) atoms. The van der Waals surface area contributed by atoms with Crippen LogP contribution < -0.4 is 4.74 Å². The van der Waals surface area contributed by atoms with Crippen molar-refractivity contribution in [3.63, 3.8) is 0 Å². The van der Waals surface area contributed by atoms with Gasteiger partial charge in [-0.3, -0.25) is 4.90 Å². The Kier molecular flexibility index (Phi) is 6.19. The number of likely N-dealkylation sites (tertiary alicyclic amines) is 1. The van der Waals surface area contributed by atoms with Crippen LogP contribution in [0.3, 0.4) is 0 Å². The number of ether oxygens (including phenoxy) is 1. The number of rotatable bonds is 6. The molecule has 1 saturated heterocycles. The van der Waals surface area contributed by atoms with Crippen molar-refractivity contribution in [3.8, 4) is 5.75 Å². The average Bonchev–Trinajstić information content (AvgIpc) is 3.39. The molecule has 0 bridgehead atoms. The van der Waals surface area contributed by atoms with Gasteiger partial charge in [-0.25, -0.2) is 22.2 Å². The smallest absolute Gasteiger partial charge is 0.239 e. The summed E-state index contributed by atoms with van der Waals surface area (Å²) in [5, 5.41) is 1.43. The molecule has 0 saturated carbocycles. The van der Waals surface area contributed by atoms with Gasteiger partial charge in [0.15, 0.2) is 5.82 Å². The minimum Gasteiger partial charge on any atom is -0.488 e. The highest BCUT2D eigenvalue weighted by molar-refractivity contribution is 9.10. The van der Waals surface area contributed by atoms with Gasteiger partial charge in [0.25, 0.3) is 0 Å². The Hall–Kier alpha value is -1.88. The van der Waals surface area contributed by atoms with Crippen molar-refractivity contribution in [2.75, 3.05) is 13.1 Å². The number of halogens is 3. The lowest BCUT2D eigenvalue weighted by Gasteiger charge is -2.18. The van der Waals surface area contributed by atoms with Gasteiger partial charge in [0.2, 0.25) is 14.2 Å². The Morgan fingerprint density at radius 1 is 1.27 bits per heavy atom. The van der Waals surface area contributed by atoms with Gasteiger partial charge >= 0.3 is 0 Å². The van der Waals surface area contributed by atoms with E-state index < -0.39 is 26.4 Å². The molecule has 0 radical (unpaired) electrons. The molecule has 0 N–H and O–H groups in total. The second-order valence-corrected chi connectivity index (χ2v) is 10.6. The van der Waals surface area contributed by atoms with Crippen molar-refractivity contribution in [1.82, 2.24) is 9.88 Å². The summed E-state index contributed by atoms with van der Waals surface area (Å²) in [6.45, 7) is 2.15. The molecule has 1 aromatic heterocycles. The molecule has 3 aromatic rings. The van der Waals surface area contributed by atoms with Crippen LogP contribution in [-0.4, -0.2) is 37.5 Å². The molecule has 1 fully saturated rings. The summed E-state index contributed by atoms with van der Waals surface area (Å²) in [4.78, 5) is 4.83. The molecular weight excluding hydrogens is 498 g/mol. The van der Waals surface area contributed by atoms with Crippen LogP contribution in [0.5, 0.6) is 5.75 Å². The number of benzene rings is 2. The minimum absolute atomic E-state index is 0.0605. The van der Waals surface area contributed by atoms with E-state index in [4.69, 9.17) is 4.74 Å². The normalized spacial score (nSPS) is 17.4. The highest BCUT2D eigenvalue weighted by atomic mass is 79.9. The topological polar surface area (TPSA) is 59.5 Å². The Morgan fingerprint density at radius 3 is 2.73 bits per heavy atom. The molecule has 1 aliphatic rings. The van der Waals surface area contributed by atoms with Crippen LogP contribution in [0, 0.1) is 11.6 Å². The zero-order valence-electron chi connectivity index (χ0n) is 15.6. The van der Waals surface area contributed by atoms with E-state index in [1.54, 1.807) is 0 Å². The van der Waals surface area contributed by atoms with Crippen LogP contribution in [0.4, 0.5) is 8.78 Å². The highest BCUT2D eigenvalue weighted by Gasteiger charge is 2.33. The van der Waals surface area contributed by atoms with Crippen molar-refractivity contribution in [2.45, 2.75) is 28.3 Å². The SMILES string of the molecule is O=S(=O)(c1nccs1)c1c(F)cc(O[C@H]2CCN(Cc3ccccc3)C2)c(Br)c1F. The van der Waals surface area contributed by atoms with Gasteiger partial charge in [0.1, 0.15) is 22.6 Å². The Balaban J connectivity index is 1.52. The Labute approximate surface area is 185 Å². The second-order valence-electron chi connectivity index (χ2n) is 6.86. The summed E-state index contributed by atoms with van der Waals surface area (Å²) in [7, 11) is -4.40. The predicted molar refractivity (Wildman–Crippen MR) is 112 cm³/mol. The van der Waals surface area contributed by atoms with Gasteiger partial charge in [-0.05, 0) is 27.9 Å². The van der Waals surface area contributed by atoms with Gasteiger partial charge in [-0.2, -0.15) is 0 Å². The highest BCUT2D eigenvalue weighted by Crippen LogP contribution is 2.38. The zero-order valence-corrected chi connectivity index (χ0v) is 18.8. The first-order valence-electron chi connectivity index (χ1n) is 9.11. The van der Waals surface area contributed by atoms with E-state index in [0.717, 1.165) is 30.5 Å². The molecule has 2 heterocycles. The lowest BCUT2D eigenvalue weighted by Crippen LogP contribution is -2.24. The van der Waals surface area contributed by atoms with Crippen LogP contribution in [0.2, 0.25) is 0 Å². The van der Waals surface area contributed by atoms with E-state index in [-0.39, 0.29) is 20.7 Å². The van der Waals surface area contributed by atoms with E-state index in [2.05, 4.69) is 25.8 Å². The molecule has 0 spiro atoms. The van der Waals surface area contributed by atoms with E-state index in [0.29, 0.717) is 13.0 Å². The van der Waals surface area contributed by atoms with Gasteiger partial charge in [0, 0.05) is 37.3 Å². The van der Waals surface area contributed by atoms with Crippen LogP contribution in [-0.2, 0) is 16.4 Å². The number of sulfone groups is 1. The van der Waals surface area contributed by atoms with Gasteiger partial charge in [-0.15, -0.1) is 11.3 Å². The largest absolute Gasteiger partial charge is 0.488 e. The number of aromatic nitrogens is 1. The quantitative estimate of drug-likeness (QED) is 0.447. The summed E-state index contributed by atoms with van der Waals surface area (Å²) in [5.74, 6) is -2.49. The molecule has 4 rings (SSSR count). The fraction of sp³-hybridized carbons (Fsp3) is 0.250. The van der Waals surface area contributed by atoms with Crippen molar-refractivity contribution < 1.29 is 21.9 Å². The van der Waals surface area contributed by atoms with Gasteiger partial charge in [-0.1, -0.05) is 30.3 Å². The first kappa shape index (κ1) is 21.4. The monoisotopic (exact) mass is 514 g/mol. The standard InChI is InChI=1S/C20H17BrF2N2O3S2/c21-17-16(28-14-6-8-25(12-14)11-13-4-2-1-3-5-13)10-15(22)19(18(17)23)30(26,27)20-24-7-9-29-20/h1-5,7,9-10,14H,6,8,11-12H2/t14-/m0/s1. The van der Waals surface area contributed by atoms with Crippen LogP contribution >= 0.6 is 27.3 Å². The predicted octanol–water partition coefficient (Wildman–Crippen LogP) is 4.67. The van der Waals surface area contributed by atoms with E-state index in [9.17, 15) is 17.2 Å². The third kappa shape index (κ3) is 4.27. The number of hydrogen-bond donors (Lipinski definition) is 0. The number of thiazole rings is 1. The van der Waals surface area contributed by atoms with Gasteiger partial charge in [0.05, 0.1) is 4.47 Å². The van der Waals surface area contributed by atoms with Crippen LogP contribution in [0.1, 0.15) is 12.0 Å². The second kappa shape index (κ2) is 8.70. The van der Waals surface area contributed by atoms with Crippen molar-refractivity contribution in [2.24, 2.45) is 0 Å². The zero-order chi connectivity index (χ0) is 21.3. The Morgan fingerprint density at radius 2 is 2.03 bits per heavy atom. The van der Waals surface area contributed by atoms with Crippen molar-refractivity contribution in [3.05, 3.63) is 69.6 Å². The molecule has 0 unspecified atom stereocenters. The minimum atomic E-state index is -4.40. The Bertz CT molecular complexity index is 1140. The summed E-state index contributed by atoms with van der Waals surface area (Å²) in [6.07, 6.45) is 1.70. The third-order valence-corrected chi connectivity index (χ3v) is 8.49. The molecule has 158 valence electrons. The van der Waals surface area contributed by atoms with Crippen molar-refractivity contribution >= 4 is 37.1 Å². The molecule has 0 aliphatic carbocycles. The molecule has 10 heteroatoms. The molecular formula is C20H17BrF2N2O3S2. The molecule has 1 atom stereocenters. The van der Waals surface area contributed by atoms with Crippen LogP contribution in [0.25, 0.3) is 0 Å². The lowest BCUT2D eigenvalue weighted by molar-refractivity contribution is 0.195. The van der Waals surface area contributed by atoms with Crippen molar-refractivity contribution in [1.29, 1.82) is 0 Å². The average molecular weight is 515 g/mol. The van der Waals surface area contributed by atoms with E-state index >= 15 is 0 Å². The summed E-state index contributed by atoms with van der Waals surface area (Å²) in [5.41, 5.74) is 1.17. The molecule has 2 aromatic carbocycles. The fourth-order valence-electron chi connectivity index (χ4n) is 3.38. The molecule has 0 amide bonds. The summed E-state index contributed by atoms with van der Waals surface area (Å²) >= 11 is 3.83. The maximum absolute atomic E-state index is 14.9. The molecule has 5 nitrogen and oxygen atoms in total. The van der Waals surface area contributed by atoms with Gasteiger partial charge < -0.3 is 4.74 Å². The van der Waals surface area contributed by atoms with Crippen LogP contribution in [0.15, 0.2) is 61.7 Å². The van der Waals surface area contributed by atoms with E-state index in [1.165, 1.54) is 17.1 Å². The lowest BCUT2D eigenvalue weighted by atomic mass is 10.2. The summed E-state index contributed by atoms with van der Waals surface area (Å²) in [6, 6.07) is 10.9. The first-order chi connectivity index (χ1) is 14.4. The number of nitrogens with zero attached hydrogens (tertiary/aromatic N) is 2. The number of hydrogen-bond acceptors (Lipinski definition) is 6. The third-order valence-electron chi connectivity index (χ3n) is 4.76. The molecule has 1 aliphatic heterocycles. The summed E-state index contributed by atoms with van der Waals surface area (Å²) < 4.78 is 59.9. The van der Waals surface area contributed by atoms with E-state index in [1.807, 2.05) is 30.3 Å². The maximum Gasteiger partial charge on any atom is 0.239 e. The first-order valence-corrected chi connectivity index (χ1v) is 12.3. The maximum atomic E-state index is 14.9.